The van der Waals surface area contributed by atoms with Crippen molar-refractivity contribution in [3.05, 3.63) is 83.2 Å². The minimum atomic E-state index is -0.277. The van der Waals surface area contributed by atoms with Crippen LogP contribution in [0.2, 0.25) is 5.02 Å². The number of carbonyl (C=O) groups excluding carboxylic acids is 1. The Hall–Kier alpha value is -3.05. The van der Waals surface area contributed by atoms with Gasteiger partial charge in [0.1, 0.15) is 5.75 Å². The zero-order valence-electron chi connectivity index (χ0n) is 14.2. The highest BCUT2D eigenvalue weighted by molar-refractivity contribution is 6.31. The predicted octanol–water partition coefficient (Wildman–Crippen LogP) is 4.25. The molecule has 0 spiro atoms. The number of hydrogen-bond acceptors (Lipinski definition) is 3. The van der Waals surface area contributed by atoms with Crippen molar-refractivity contribution < 1.29 is 9.53 Å². The molecule has 1 N–H and O–H groups in total. The lowest BCUT2D eigenvalue weighted by atomic mass is 10.2. The number of benzene rings is 2. The Morgan fingerprint density at radius 3 is 2.85 bits per heavy atom. The highest BCUT2D eigenvalue weighted by Crippen LogP contribution is 2.27. The maximum Gasteiger partial charge on any atom is 0.248 e. The van der Waals surface area contributed by atoms with E-state index in [2.05, 4.69) is 10.4 Å². The molecule has 5 nitrogen and oxygen atoms in total. The maximum absolute atomic E-state index is 12.1. The van der Waals surface area contributed by atoms with Gasteiger partial charge < -0.3 is 10.1 Å². The van der Waals surface area contributed by atoms with Gasteiger partial charge in [-0.1, -0.05) is 41.9 Å². The summed E-state index contributed by atoms with van der Waals surface area (Å²) in [5, 5.41) is 7.59. The first-order valence-corrected chi connectivity index (χ1v) is 8.41. The van der Waals surface area contributed by atoms with Gasteiger partial charge in [-0.05, 0) is 29.8 Å². The smallest absolute Gasteiger partial charge is 0.248 e. The number of nitrogens with zero attached hydrogens (tertiary/aromatic N) is 2. The van der Waals surface area contributed by atoms with Crippen LogP contribution in [0.25, 0.3) is 6.08 Å². The summed E-state index contributed by atoms with van der Waals surface area (Å²) in [6, 6.07) is 15.1. The van der Waals surface area contributed by atoms with E-state index in [-0.39, 0.29) is 5.91 Å². The molecule has 132 valence electrons. The van der Waals surface area contributed by atoms with Crippen molar-refractivity contribution in [3.8, 4) is 5.75 Å². The van der Waals surface area contributed by atoms with Gasteiger partial charge in [-0.3, -0.25) is 9.48 Å². The second-order valence-electron chi connectivity index (χ2n) is 5.62. The van der Waals surface area contributed by atoms with Crippen molar-refractivity contribution >= 4 is 29.3 Å². The minimum absolute atomic E-state index is 0.277. The fraction of sp³-hybridized carbons (Fsp3) is 0.100. The van der Waals surface area contributed by atoms with Crippen LogP contribution in [-0.2, 0) is 11.3 Å². The number of carbonyl (C=O) groups is 1. The fourth-order valence-electron chi connectivity index (χ4n) is 2.45. The number of ether oxygens (including phenoxy) is 1. The summed E-state index contributed by atoms with van der Waals surface area (Å²) in [5.41, 5.74) is 2.53. The minimum Gasteiger partial charge on any atom is -0.495 e. The van der Waals surface area contributed by atoms with E-state index in [1.165, 1.54) is 13.2 Å². The number of amides is 1. The highest BCUT2D eigenvalue weighted by atomic mass is 35.5. The molecule has 0 saturated carbocycles. The van der Waals surface area contributed by atoms with Crippen LogP contribution >= 0.6 is 11.6 Å². The molecular weight excluding hydrogens is 350 g/mol. The molecule has 2 aromatic carbocycles. The highest BCUT2D eigenvalue weighted by Gasteiger charge is 2.06. The van der Waals surface area contributed by atoms with Crippen LogP contribution in [-0.4, -0.2) is 22.8 Å². The standard InChI is InChI=1S/C20H18ClN3O2/c1-26-19-9-8-17(21)11-18(19)23-20(25)10-7-16-12-22-24(14-16)13-15-5-3-2-4-6-15/h2-12,14H,13H2,1H3,(H,23,25)/b10-7+. The van der Waals surface area contributed by atoms with Gasteiger partial charge in [0.05, 0.1) is 25.5 Å². The third kappa shape index (κ3) is 4.74. The molecule has 0 aliphatic carbocycles. The molecule has 0 unspecified atom stereocenters. The molecule has 0 bridgehead atoms. The molecule has 1 aromatic heterocycles. The van der Waals surface area contributed by atoms with Gasteiger partial charge in [-0.15, -0.1) is 0 Å². The van der Waals surface area contributed by atoms with E-state index in [0.29, 0.717) is 23.0 Å². The number of rotatable bonds is 6. The Morgan fingerprint density at radius 2 is 2.08 bits per heavy atom. The van der Waals surface area contributed by atoms with Crippen molar-refractivity contribution in [1.29, 1.82) is 0 Å². The molecule has 1 amide bonds. The lowest BCUT2D eigenvalue weighted by Gasteiger charge is -2.08. The second kappa shape index (κ2) is 8.36. The average Bonchev–Trinajstić information content (AvgIpc) is 3.08. The number of aromatic nitrogens is 2. The van der Waals surface area contributed by atoms with E-state index in [9.17, 15) is 4.79 Å². The summed E-state index contributed by atoms with van der Waals surface area (Å²) in [6.45, 7) is 0.681. The van der Waals surface area contributed by atoms with Crippen LogP contribution in [0.3, 0.4) is 0 Å². The Kier molecular flexibility index (Phi) is 5.71. The van der Waals surface area contributed by atoms with Gasteiger partial charge >= 0.3 is 0 Å². The van der Waals surface area contributed by atoms with Gasteiger partial charge in [0.25, 0.3) is 0 Å². The first kappa shape index (κ1) is 17.8. The van der Waals surface area contributed by atoms with E-state index in [1.54, 1.807) is 30.5 Å². The van der Waals surface area contributed by atoms with Crippen molar-refractivity contribution in [2.45, 2.75) is 6.54 Å². The molecule has 0 aliphatic rings. The van der Waals surface area contributed by atoms with E-state index in [4.69, 9.17) is 16.3 Å². The molecule has 0 radical (unpaired) electrons. The molecule has 1 heterocycles. The van der Waals surface area contributed by atoms with Crippen LogP contribution in [0, 0.1) is 0 Å². The lowest BCUT2D eigenvalue weighted by molar-refractivity contribution is -0.111. The Bertz CT molecular complexity index is 920. The monoisotopic (exact) mass is 367 g/mol. The topological polar surface area (TPSA) is 56.1 Å². The SMILES string of the molecule is COc1ccc(Cl)cc1NC(=O)/C=C/c1cnn(Cc2ccccc2)c1. The maximum atomic E-state index is 12.1. The zero-order chi connectivity index (χ0) is 18.4. The largest absolute Gasteiger partial charge is 0.495 e. The molecule has 26 heavy (non-hydrogen) atoms. The van der Waals surface area contributed by atoms with Gasteiger partial charge in [-0.25, -0.2) is 0 Å². The molecule has 0 aliphatic heterocycles. The summed E-state index contributed by atoms with van der Waals surface area (Å²) in [5.74, 6) is 0.271. The van der Waals surface area contributed by atoms with Crippen LogP contribution in [0.4, 0.5) is 5.69 Å². The number of anilines is 1. The van der Waals surface area contributed by atoms with Gasteiger partial charge in [0.2, 0.25) is 5.91 Å². The van der Waals surface area contributed by atoms with Crippen molar-refractivity contribution in [3.63, 3.8) is 0 Å². The molecule has 3 rings (SSSR count). The van der Waals surface area contributed by atoms with Crippen molar-refractivity contribution in [2.75, 3.05) is 12.4 Å². The summed E-state index contributed by atoms with van der Waals surface area (Å²) in [6.07, 6.45) is 6.76. The third-order valence-electron chi connectivity index (χ3n) is 3.69. The number of hydrogen-bond donors (Lipinski definition) is 1. The Morgan fingerprint density at radius 1 is 1.27 bits per heavy atom. The summed E-state index contributed by atoms with van der Waals surface area (Å²) in [4.78, 5) is 12.1. The third-order valence-corrected chi connectivity index (χ3v) is 3.92. The Balaban J connectivity index is 1.63. The number of halogens is 1. The van der Waals surface area contributed by atoms with Crippen LogP contribution < -0.4 is 10.1 Å². The molecular formula is C20H18ClN3O2. The van der Waals surface area contributed by atoms with E-state index in [1.807, 2.05) is 41.2 Å². The van der Waals surface area contributed by atoms with Gasteiger partial charge in [0, 0.05) is 22.9 Å². The van der Waals surface area contributed by atoms with E-state index < -0.39 is 0 Å². The summed E-state index contributed by atoms with van der Waals surface area (Å²) < 4.78 is 7.04. The van der Waals surface area contributed by atoms with Crippen LogP contribution in [0.15, 0.2) is 67.0 Å². The second-order valence-corrected chi connectivity index (χ2v) is 6.06. The molecule has 3 aromatic rings. The normalized spacial score (nSPS) is 10.8. The fourth-order valence-corrected chi connectivity index (χ4v) is 2.62. The first-order valence-electron chi connectivity index (χ1n) is 8.03. The quantitative estimate of drug-likeness (QED) is 0.663. The van der Waals surface area contributed by atoms with Gasteiger partial charge in [0.15, 0.2) is 0 Å². The van der Waals surface area contributed by atoms with Crippen LogP contribution in [0.1, 0.15) is 11.1 Å². The summed E-state index contributed by atoms with van der Waals surface area (Å²) in [7, 11) is 1.54. The lowest BCUT2D eigenvalue weighted by Crippen LogP contribution is -2.08. The first-order chi connectivity index (χ1) is 12.6. The van der Waals surface area contributed by atoms with Crippen LogP contribution in [0.5, 0.6) is 5.75 Å². The molecule has 0 atom stereocenters. The van der Waals surface area contributed by atoms with E-state index in [0.717, 1.165) is 11.1 Å². The zero-order valence-corrected chi connectivity index (χ0v) is 15.0. The summed E-state index contributed by atoms with van der Waals surface area (Å²) >= 11 is 5.96. The van der Waals surface area contributed by atoms with Crippen molar-refractivity contribution in [2.24, 2.45) is 0 Å². The Labute approximate surface area is 156 Å². The average molecular weight is 368 g/mol. The molecule has 6 heteroatoms. The van der Waals surface area contributed by atoms with E-state index >= 15 is 0 Å². The number of methoxy groups -OCH3 is 1. The molecule has 0 saturated heterocycles. The molecule has 0 fully saturated rings. The van der Waals surface area contributed by atoms with Crippen molar-refractivity contribution in [1.82, 2.24) is 9.78 Å². The van der Waals surface area contributed by atoms with Gasteiger partial charge in [-0.2, -0.15) is 5.10 Å². The predicted molar refractivity (Wildman–Crippen MR) is 103 cm³/mol. The number of nitrogens with one attached hydrogen (secondary N) is 1.